The highest BCUT2D eigenvalue weighted by atomic mass is 32.2. The molecule has 1 aromatic carbocycles. The average molecular weight is 298 g/mol. The lowest BCUT2D eigenvalue weighted by molar-refractivity contribution is 0.246. The molecule has 20 heavy (non-hydrogen) atoms. The average Bonchev–Trinajstić information content (AvgIpc) is 2.45. The zero-order chi connectivity index (χ0) is 14.6. The van der Waals surface area contributed by atoms with Crippen LogP contribution < -0.4 is 15.4 Å². The fourth-order valence-corrected chi connectivity index (χ4v) is 2.76. The number of likely N-dealkylation sites (N-methyl/N-ethyl adjacent to an activating group) is 1. The minimum Gasteiger partial charge on any atom is -0.373 e. The summed E-state index contributed by atoms with van der Waals surface area (Å²) in [6.45, 7) is 6.18. The molecule has 0 saturated carbocycles. The summed E-state index contributed by atoms with van der Waals surface area (Å²) in [5.41, 5.74) is 0.993. The van der Waals surface area contributed by atoms with Gasteiger partial charge in [-0.2, -0.15) is 0 Å². The molecule has 1 aromatic rings. The molecule has 1 fully saturated rings. The molecule has 6 nitrogen and oxygen atoms in total. The Morgan fingerprint density at radius 3 is 2.40 bits per heavy atom. The Kier molecular flexibility index (Phi) is 4.98. The molecule has 0 radical (unpaired) electrons. The number of benzene rings is 1. The molecule has 0 atom stereocenters. The zero-order valence-electron chi connectivity index (χ0n) is 11.7. The second-order valence-electron chi connectivity index (χ2n) is 5.05. The number of sulfonamides is 1. The topological polar surface area (TPSA) is 78.7 Å². The van der Waals surface area contributed by atoms with Crippen LogP contribution in [0.4, 0.5) is 5.69 Å². The molecule has 2 rings (SSSR count). The molecule has 0 amide bonds. The summed E-state index contributed by atoms with van der Waals surface area (Å²) in [5.74, 6) is 0. The van der Waals surface area contributed by atoms with Crippen LogP contribution in [-0.2, 0) is 10.0 Å². The van der Waals surface area contributed by atoms with Crippen LogP contribution in [0.5, 0.6) is 0 Å². The van der Waals surface area contributed by atoms with Crippen molar-refractivity contribution in [3.05, 3.63) is 24.3 Å². The fourth-order valence-electron chi connectivity index (χ4n) is 2.25. The predicted octanol–water partition coefficient (Wildman–Crippen LogP) is -0.325. The van der Waals surface area contributed by atoms with Gasteiger partial charge in [0, 0.05) is 52.0 Å². The Morgan fingerprint density at radius 1 is 1.25 bits per heavy atom. The van der Waals surface area contributed by atoms with E-state index in [0.717, 1.165) is 45.0 Å². The summed E-state index contributed by atoms with van der Waals surface area (Å²) in [5, 5.41) is 8.42. The number of hydrogen-bond acceptors (Lipinski definition) is 5. The van der Waals surface area contributed by atoms with Crippen LogP contribution in [0, 0.1) is 0 Å². The van der Waals surface area contributed by atoms with E-state index in [4.69, 9.17) is 5.14 Å². The van der Waals surface area contributed by atoms with Crippen molar-refractivity contribution in [2.24, 2.45) is 5.14 Å². The van der Waals surface area contributed by atoms with Gasteiger partial charge in [-0.1, -0.05) is 0 Å². The molecule has 1 saturated heterocycles. The van der Waals surface area contributed by atoms with Crippen molar-refractivity contribution in [1.29, 1.82) is 0 Å². The van der Waals surface area contributed by atoms with Gasteiger partial charge in [-0.3, -0.25) is 4.90 Å². The van der Waals surface area contributed by atoms with Crippen molar-refractivity contribution >= 4 is 15.7 Å². The maximum absolute atomic E-state index is 11.2. The molecule has 1 aliphatic heterocycles. The molecule has 1 aliphatic rings. The maximum Gasteiger partial charge on any atom is 0.238 e. The van der Waals surface area contributed by atoms with Gasteiger partial charge in [-0.05, 0) is 24.3 Å². The second-order valence-corrected chi connectivity index (χ2v) is 6.61. The van der Waals surface area contributed by atoms with Crippen LogP contribution in [0.15, 0.2) is 29.2 Å². The van der Waals surface area contributed by atoms with Crippen molar-refractivity contribution in [2.75, 3.05) is 51.2 Å². The summed E-state index contributed by atoms with van der Waals surface area (Å²) >= 11 is 0. The molecule has 7 heteroatoms. The molecular weight excluding hydrogens is 276 g/mol. The van der Waals surface area contributed by atoms with Crippen LogP contribution in [0.25, 0.3) is 0 Å². The molecule has 3 N–H and O–H groups in total. The molecule has 112 valence electrons. The Labute approximate surface area is 120 Å². The third-order valence-electron chi connectivity index (χ3n) is 3.57. The zero-order valence-corrected chi connectivity index (χ0v) is 12.6. The molecule has 0 unspecified atom stereocenters. The maximum atomic E-state index is 11.2. The summed E-state index contributed by atoms with van der Waals surface area (Å²) in [4.78, 5) is 4.69. The van der Waals surface area contributed by atoms with E-state index in [0.29, 0.717) is 0 Å². The normalized spacial score (nSPS) is 17.1. The van der Waals surface area contributed by atoms with E-state index in [1.807, 2.05) is 7.05 Å². The van der Waals surface area contributed by atoms with Gasteiger partial charge in [0.1, 0.15) is 0 Å². The summed E-state index contributed by atoms with van der Waals surface area (Å²) < 4.78 is 22.4. The van der Waals surface area contributed by atoms with Gasteiger partial charge in [0.2, 0.25) is 10.0 Å². The number of nitrogens with zero attached hydrogens (tertiary/aromatic N) is 2. The minimum atomic E-state index is -3.61. The number of nitrogens with one attached hydrogen (secondary N) is 1. The van der Waals surface area contributed by atoms with Crippen molar-refractivity contribution in [3.63, 3.8) is 0 Å². The van der Waals surface area contributed by atoms with Crippen LogP contribution in [0.2, 0.25) is 0 Å². The van der Waals surface area contributed by atoms with Crippen LogP contribution >= 0.6 is 0 Å². The number of primary sulfonamides is 1. The third kappa shape index (κ3) is 4.17. The van der Waals surface area contributed by atoms with E-state index in [9.17, 15) is 8.42 Å². The quantitative estimate of drug-likeness (QED) is 0.778. The highest BCUT2D eigenvalue weighted by Gasteiger charge is 2.11. The molecule has 0 aliphatic carbocycles. The molecule has 0 aromatic heterocycles. The Morgan fingerprint density at radius 2 is 1.85 bits per heavy atom. The monoisotopic (exact) mass is 298 g/mol. The number of piperazine rings is 1. The molecular formula is C13H22N4O2S. The van der Waals surface area contributed by atoms with Gasteiger partial charge in [-0.15, -0.1) is 0 Å². The third-order valence-corrected chi connectivity index (χ3v) is 4.50. The fraction of sp³-hybridized carbons (Fsp3) is 0.538. The lowest BCUT2D eigenvalue weighted by Gasteiger charge is -2.29. The first-order chi connectivity index (χ1) is 9.47. The minimum absolute atomic E-state index is 0.150. The Bertz CT molecular complexity index is 524. The van der Waals surface area contributed by atoms with Crippen molar-refractivity contribution in [2.45, 2.75) is 4.90 Å². The van der Waals surface area contributed by atoms with Crippen molar-refractivity contribution < 1.29 is 8.42 Å². The standard InChI is InChI=1S/C13H22N4O2S/c1-16(10-11-17-8-6-15-7-9-17)12-2-4-13(5-3-12)20(14,18)19/h2-5,15H,6-11H2,1H3,(H2,14,18,19). The van der Waals surface area contributed by atoms with E-state index in [-0.39, 0.29) is 4.90 Å². The lowest BCUT2D eigenvalue weighted by atomic mass is 10.3. The van der Waals surface area contributed by atoms with E-state index < -0.39 is 10.0 Å². The molecule has 0 bridgehead atoms. The molecule has 1 heterocycles. The first-order valence-electron chi connectivity index (χ1n) is 6.74. The summed E-state index contributed by atoms with van der Waals surface area (Å²) in [6, 6.07) is 6.67. The highest BCUT2D eigenvalue weighted by molar-refractivity contribution is 7.89. The van der Waals surface area contributed by atoms with Gasteiger partial charge in [0.15, 0.2) is 0 Å². The van der Waals surface area contributed by atoms with Crippen molar-refractivity contribution in [1.82, 2.24) is 10.2 Å². The summed E-state index contributed by atoms with van der Waals surface area (Å²) in [6.07, 6.45) is 0. The van der Waals surface area contributed by atoms with E-state index in [1.54, 1.807) is 24.3 Å². The smallest absolute Gasteiger partial charge is 0.238 e. The number of anilines is 1. The largest absolute Gasteiger partial charge is 0.373 e. The molecule has 0 spiro atoms. The van der Waals surface area contributed by atoms with E-state index in [2.05, 4.69) is 15.1 Å². The SMILES string of the molecule is CN(CCN1CCNCC1)c1ccc(S(N)(=O)=O)cc1. The second kappa shape index (κ2) is 6.53. The predicted molar refractivity (Wildman–Crippen MR) is 80.4 cm³/mol. The number of rotatable bonds is 5. The van der Waals surface area contributed by atoms with E-state index >= 15 is 0 Å². The first kappa shape index (κ1) is 15.2. The lowest BCUT2D eigenvalue weighted by Crippen LogP contribution is -2.46. The Hall–Kier alpha value is -1.15. The number of nitrogens with two attached hydrogens (primary N) is 1. The van der Waals surface area contributed by atoms with E-state index in [1.165, 1.54) is 0 Å². The van der Waals surface area contributed by atoms with Crippen molar-refractivity contribution in [3.8, 4) is 0 Å². The first-order valence-corrected chi connectivity index (χ1v) is 8.28. The van der Waals surface area contributed by atoms with Gasteiger partial charge in [-0.25, -0.2) is 13.6 Å². The van der Waals surface area contributed by atoms with Gasteiger partial charge < -0.3 is 10.2 Å². The van der Waals surface area contributed by atoms with Crippen LogP contribution in [-0.4, -0.2) is 59.6 Å². The van der Waals surface area contributed by atoms with Crippen LogP contribution in [0.3, 0.4) is 0 Å². The van der Waals surface area contributed by atoms with Crippen LogP contribution in [0.1, 0.15) is 0 Å². The van der Waals surface area contributed by atoms with Gasteiger partial charge in [0.25, 0.3) is 0 Å². The highest BCUT2D eigenvalue weighted by Crippen LogP contribution is 2.15. The van der Waals surface area contributed by atoms with Gasteiger partial charge >= 0.3 is 0 Å². The van der Waals surface area contributed by atoms with Gasteiger partial charge in [0.05, 0.1) is 4.90 Å². The summed E-state index contributed by atoms with van der Waals surface area (Å²) in [7, 11) is -1.60. The Balaban J connectivity index is 1.90. The number of hydrogen-bond donors (Lipinski definition) is 2.